The molecule has 2 heterocycles. The molecule has 2 aliphatic rings. The summed E-state index contributed by atoms with van der Waals surface area (Å²) in [6, 6.07) is 10.7. The van der Waals surface area contributed by atoms with E-state index in [9.17, 15) is 4.79 Å². The Hall–Kier alpha value is -1.76. The minimum Gasteiger partial charge on any atom is -0.297 e. The molecule has 0 radical (unpaired) electrons. The minimum absolute atomic E-state index is 0.162. The average Bonchev–Trinajstić information content (AvgIpc) is 3.29. The second-order valence-corrected chi connectivity index (χ2v) is 8.49. The maximum Gasteiger partial charge on any atom is 0.228 e. The van der Waals surface area contributed by atoms with Gasteiger partial charge in [-0.15, -0.1) is 11.3 Å². The van der Waals surface area contributed by atoms with E-state index in [1.54, 1.807) is 17.5 Å². The van der Waals surface area contributed by atoms with Crippen LogP contribution in [0.1, 0.15) is 31.7 Å². The monoisotopic (exact) mass is 384 g/mol. The summed E-state index contributed by atoms with van der Waals surface area (Å²) in [6.07, 6.45) is 4.69. The summed E-state index contributed by atoms with van der Waals surface area (Å²) >= 11 is 1.56. The van der Waals surface area contributed by atoms with Gasteiger partial charge < -0.3 is 0 Å². The Labute approximate surface area is 165 Å². The third-order valence-corrected chi connectivity index (χ3v) is 6.62. The average molecular weight is 385 g/mol. The Balaban J connectivity index is 1.37. The number of hydrogen-bond donors (Lipinski definition) is 0. The minimum atomic E-state index is 0.162. The van der Waals surface area contributed by atoms with Crippen molar-refractivity contribution in [3.8, 4) is 0 Å². The number of nitrogens with zero attached hydrogens (tertiary/aromatic N) is 4. The number of aromatic nitrogens is 1. The standard InChI is InChI=1S/C21H28N4OS/c1-2-19(26)25(20-22-10-15-27-20)17-21(8-9-21)24-13-11-23(12-14-24)16-18-6-4-3-5-7-18/h3-7,10,15H,2,8-9,11-14,16-17H2,1H3. The number of benzene rings is 1. The normalized spacial score (nSPS) is 19.7. The maximum absolute atomic E-state index is 12.5. The van der Waals surface area contributed by atoms with Gasteiger partial charge in [-0.1, -0.05) is 37.3 Å². The van der Waals surface area contributed by atoms with Gasteiger partial charge in [0, 0.05) is 62.8 Å². The Morgan fingerprint density at radius 3 is 2.52 bits per heavy atom. The van der Waals surface area contributed by atoms with Gasteiger partial charge in [0.1, 0.15) is 0 Å². The molecule has 0 unspecified atom stereocenters. The smallest absolute Gasteiger partial charge is 0.228 e. The molecule has 27 heavy (non-hydrogen) atoms. The van der Waals surface area contributed by atoms with Gasteiger partial charge in [0.15, 0.2) is 5.13 Å². The molecule has 1 saturated carbocycles. The molecule has 0 N–H and O–H groups in total. The zero-order chi connectivity index (χ0) is 18.7. The maximum atomic E-state index is 12.5. The molecule has 0 spiro atoms. The van der Waals surface area contributed by atoms with Crippen LogP contribution in [0.25, 0.3) is 0 Å². The van der Waals surface area contributed by atoms with Crippen LogP contribution in [0.5, 0.6) is 0 Å². The van der Waals surface area contributed by atoms with Gasteiger partial charge in [-0.3, -0.25) is 19.5 Å². The molecule has 0 atom stereocenters. The highest BCUT2D eigenvalue weighted by molar-refractivity contribution is 7.13. The van der Waals surface area contributed by atoms with Crippen molar-refractivity contribution in [2.75, 3.05) is 37.6 Å². The molecule has 1 saturated heterocycles. The van der Waals surface area contributed by atoms with Crippen molar-refractivity contribution in [2.45, 2.75) is 38.3 Å². The molecule has 6 heteroatoms. The predicted molar refractivity (Wildman–Crippen MR) is 110 cm³/mol. The van der Waals surface area contributed by atoms with Gasteiger partial charge in [0.25, 0.3) is 0 Å². The van der Waals surface area contributed by atoms with Gasteiger partial charge in [-0.2, -0.15) is 0 Å². The van der Waals surface area contributed by atoms with E-state index in [0.29, 0.717) is 6.42 Å². The molecule has 5 nitrogen and oxygen atoms in total. The summed E-state index contributed by atoms with van der Waals surface area (Å²) in [4.78, 5) is 24.0. The third-order valence-electron chi connectivity index (χ3n) is 5.83. The molecule has 0 bridgehead atoms. The first-order chi connectivity index (χ1) is 13.2. The van der Waals surface area contributed by atoms with Gasteiger partial charge in [0.05, 0.1) is 0 Å². The second-order valence-electron chi connectivity index (χ2n) is 7.62. The van der Waals surface area contributed by atoms with Crippen LogP contribution in [0.4, 0.5) is 5.13 Å². The molecule has 2 aromatic rings. The molecular weight excluding hydrogens is 356 g/mol. The lowest BCUT2D eigenvalue weighted by molar-refractivity contribution is -0.118. The van der Waals surface area contributed by atoms with E-state index in [-0.39, 0.29) is 11.4 Å². The lowest BCUT2D eigenvalue weighted by Gasteiger charge is -2.41. The number of rotatable bonds is 7. The quantitative estimate of drug-likeness (QED) is 0.735. The van der Waals surface area contributed by atoms with E-state index in [1.165, 1.54) is 18.4 Å². The van der Waals surface area contributed by atoms with E-state index >= 15 is 0 Å². The van der Waals surface area contributed by atoms with Crippen LogP contribution in [0.3, 0.4) is 0 Å². The Kier molecular flexibility index (Phi) is 5.57. The first-order valence-corrected chi connectivity index (χ1v) is 10.8. The van der Waals surface area contributed by atoms with Crippen LogP contribution in [0.15, 0.2) is 41.9 Å². The van der Waals surface area contributed by atoms with Crippen molar-refractivity contribution in [2.24, 2.45) is 0 Å². The van der Waals surface area contributed by atoms with Gasteiger partial charge >= 0.3 is 0 Å². The number of amides is 1. The molecule has 144 valence electrons. The lowest BCUT2D eigenvalue weighted by atomic mass is 10.1. The fourth-order valence-corrected chi connectivity index (χ4v) is 4.70. The van der Waals surface area contributed by atoms with Crippen LogP contribution >= 0.6 is 11.3 Å². The van der Waals surface area contributed by atoms with E-state index in [4.69, 9.17) is 0 Å². The Morgan fingerprint density at radius 1 is 1.19 bits per heavy atom. The second kappa shape index (κ2) is 8.09. The van der Waals surface area contributed by atoms with Crippen molar-refractivity contribution in [1.82, 2.24) is 14.8 Å². The number of anilines is 1. The van der Waals surface area contributed by atoms with Crippen LogP contribution in [-0.2, 0) is 11.3 Å². The molecule has 1 aromatic carbocycles. The number of hydrogen-bond acceptors (Lipinski definition) is 5. The SMILES string of the molecule is CCC(=O)N(CC1(N2CCN(Cc3ccccc3)CC2)CC1)c1nccs1. The first kappa shape index (κ1) is 18.6. The summed E-state index contributed by atoms with van der Waals surface area (Å²) in [5.74, 6) is 0.180. The fourth-order valence-electron chi connectivity index (χ4n) is 4.04. The molecule has 2 fully saturated rings. The summed E-state index contributed by atoms with van der Waals surface area (Å²) in [6.45, 7) is 8.10. The molecule has 1 aliphatic heterocycles. The summed E-state index contributed by atoms with van der Waals surface area (Å²) in [5, 5.41) is 2.79. The number of thiazole rings is 1. The summed E-state index contributed by atoms with van der Waals surface area (Å²) in [7, 11) is 0. The number of carbonyl (C=O) groups excluding carboxylic acids is 1. The first-order valence-electron chi connectivity index (χ1n) is 9.91. The topological polar surface area (TPSA) is 39.7 Å². The van der Waals surface area contributed by atoms with E-state index in [2.05, 4.69) is 45.1 Å². The third kappa shape index (κ3) is 4.23. The van der Waals surface area contributed by atoms with Crippen molar-refractivity contribution in [1.29, 1.82) is 0 Å². The number of carbonyl (C=O) groups is 1. The Morgan fingerprint density at radius 2 is 1.93 bits per heavy atom. The number of piperazine rings is 1. The highest BCUT2D eigenvalue weighted by Gasteiger charge is 2.50. The van der Waals surface area contributed by atoms with Crippen LogP contribution in [-0.4, -0.2) is 59.0 Å². The van der Waals surface area contributed by atoms with Crippen molar-refractivity contribution in [3.63, 3.8) is 0 Å². The van der Waals surface area contributed by atoms with Gasteiger partial charge in [-0.05, 0) is 18.4 Å². The molecule has 4 rings (SSSR count). The Bertz CT molecular complexity index is 737. The summed E-state index contributed by atoms with van der Waals surface area (Å²) in [5.41, 5.74) is 1.55. The molecular formula is C21H28N4OS. The molecule has 1 aromatic heterocycles. The van der Waals surface area contributed by atoms with Crippen molar-refractivity contribution in [3.05, 3.63) is 47.5 Å². The highest BCUT2D eigenvalue weighted by Crippen LogP contribution is 2.44. The lowest BCUT2D eigenvalue weighted by Crippen LogP contribution is -2.55. The fraction of sp³-hybridized carbons (Fsp3) is 0.524. The zero-order valence-corrected chi connectivity index (χ0v) is 16.8. The summed E-state index contributed by atoms with van der Waals surface area (Å²) < 4.78 is 0. The van der Waals surface area contributed by atoms with Gasteiger partial charge in [-0.25, -0.2) is 4.98 Å². The van der Waals surface area contributed by atoms with Crippen molar-refractivity contribution < 1.29 is 4.79 Å². The largest absolute Gasteiger partial charge is 0.297 e. The van der Waals surface area contributed by atoms with Crippen LogP contribution in [0.2, 0.25) is 0 Å². The van der Waals surface area contributed by atoms with Crippen molar-refractivity contribution >= 4 is 22.4 Å². The highest BCUT2D eigenvalue weighted by atomic mass is 32.1. The van der Waals surface area contributed by atoms with Gasteiger partial charge in [0.2, 0.25) is 5.91 Å². The van der Waals surface area contributed by atoms with E-state index in [0.717, 1.165) is 44.4 Å². The van der Waals surface area contributed by atoms with Crippen LogP contribution in [0, 0.1) is 0 Å². The molecule has 1 aliphatic carbocycles. The molecule has 1 amide bonds. The van der Waals surface area contributed by atoms with Crippen LogP contribution < -0.4 is 4.90 Å². The van der Waals surface area contributed by atoms with E-state index < -0.39 is 0 Å². The zero-order valence-electron chi connectivity index (χ0n) is 16.0. The van der Waals surface area contributed by atoms with E-state index in [1.807, 2.05) is 17.2 Å². The predicted octanol–water partition coefficient (Wildman–Crippen LogP) is 3.24.